The van der Waals surface area contributed by atoms with Crippen LogP contribution in [0.5, 0.6) is 0 Å². The normalized spacial score (nSPS) is 17.1. The van der Waals surface area contributed by atoms with E-state index >= 15 is 0 Å². The number of carbonyl (C=O) groups is 3. The molecule has 6 heteroatoms. The van der Waals surface area contributed by atoms with Crippen LogP contribution in [0.2, 0.25) is 0 Å². The lowest BCUT2D eigenvalue weighted by molar-refractivity contribution is -0.145. The topological polar surface area (TPSA) is 82.0 Å². The van der Waals surface area contributed by atoms with Gasteiger partial charge in [0, 0.05) is 12.0 Å². The Morgan fingerprint density at radius 2 is 1.95 bits per heavy atom. The number of Topliss-reactive ketones (excluding diaryl/α,β-unsaturated/α-hetero) is 1. The van der Waals surface area contributed by atoms with Crippen molar-refractivity contribution in [3.05, 3.63) is 35.9 Å². The molecule has 110 valence electrons. The molecule has 0 bridgehead atoms. The van der Waals surface area contributed by atoms with Gasteiger partial charge in [-0.3, -0.25) is 9.59 Å². The van der Waals surface area contributed by atoms with Gasteiger partial charge < -0.3 is 9.47 Å². The van der Waals surface area contributed by atoms with E-state index in [0.29, 0.717) is 5.56 Å². The zero-order chi connectivity index (χ0) is 15.2. The summed E-state index contributed by atoms with van der Waals surface area (Å²) in [6.07, 6.45) is -0.156. The van der Waals surface area contributed by atoms with E-state index in [0.717, 1.165) is 0 Å². The van der Waals surface area contributed by atoms with Crippen LogP contribution in [-0.2, 0) is 23.9 Å². The van der Waals surface area contributed by atoms with Gasteiger partial charge in [-0.1, -0.05) is 18.2 Å². The number of ketones is 1. The summed E-state index contributed by atoms with van der Waals surface area (Å²) in [6, 6.07) is 7.66. The second-order valence-electron chi connectivity index (χ2n) is 4.40. The second kappa shape index (κ2) is 6.78. The van der Waals surface area contributed by atoms with Crippen molar-refractivity contribution >= 4 is 23.6 Å². The molecule has 6 nitrogen and oxygen atoms in total. The van der Waals surface area contributed by atoms with Crippen molar-refractivity contribution in [2.45, 2.75) is 25.8 Å². The molecule has 0 radical (unpaired) electrons. The summed E-state index contributed by atoms with van der Waals surface area (Å²) in [5.74, 6) is -1.48. The molecule has 1 aromatic rings. The first kappa shape index (κ1) is 14.9. The average molecular weight is 289 g/mol. The van der Waals surface area contributed by atoms with Crippen LogP contribution in [0.3, 0.4) is 0 Å². The number of ether oxygens (including phenoxy) is 2. The van der Waals surface area contributed by atoms with E-state index in [9.17, 15) is 14.4 Å². The third-order valence-electron chi connectivity index (χ3n) is 2.87. The van der Waals surface area contributed by atoms with Crippen LogP contribution in [0.4, 0.5) is 0 Å². The summed E-state index contributed by atoms with van der Waals surface area (Å²) in [7, 11) is 0. The number of cyclic esters (lactones) is 1. The molecular weight excluding hydrogens is 274 g/mol. The summed E-state index contributed by atoms with van der Waals surface area (Å²) in [6.45, 7) is 1.94. The fraction of sp³-hybridized carbons (Fsp3) is 0.333. The molecule has 2 rings (SSSR count). The Morgan fingerprint density at radius 3 is 2.62 bits per heavy atom. The highest BCUT2D eigenvalue weighted by Crippen LogP contribution is 2.15. The molecule has 1 aromatic carbocycles. The number of hydrogen-bond donors (Lipinski definition) is 0. The van der Waals surface area contributed by atoms with Crippen LogP contribution in [0.1, 0.15) is 25.3 Å². The fourth-order valence-electron chi connectivity index (χ4n) is 1.86. The van der Waals surface area contributed by atoms with Gasteiger partial charge >= 0.3 is 11.9 Å². The predicted octanol–water partition coefficient (Wildman–Crippen LogP) is 1.27. The molecule has 0 saturated carbocycles. The smallest absolute Gasteiger partial charge is 0.345 e. The number of hydrogen-bond acceptors (Lipinski definition) is 6. The molecule has 1 atom stereocenters. The molecule has 0 aliphatic carbocycles. The van der Waals surface area contributed by atoms with Crippen LogP contribution >= 0.6 is 0 Å². The van der Waals surface area contributed by atoms with Gasteiger partial charge in [0.25, 0.3) is 0 Å². The highest BCUT2D eigenvalue weighted by atomic mass is 16.6. The number of aliphatic imine (C=N–C) groups is 1. The molecule has 21 heavy (non-hydrogen) atoms. The number of nitrogens with zero attached hydrogens (tertiary/aromatic N) is 1. The van der Waals surface area contributed by atoms with Crippen molar-refractivity contribution in [3.63, 3.8) is 0 Å². The molecule has 0 saturated heterocycles. The third-order valence-corrected chi connectivity index (χ3v) is 2.87. The standard InChI is InChI=1S/C15H15NO5/c1-2-20-12(18)9-8-11(17)13-15(19)21-14(16-13)10-6-4-3-5-7-10/h3-7,13H,2,8-9H2,1H3. The van der Waals surface area contributed by atoms with Crippen molar-refractivity contribution in [3.8, 4) is 0 Å². The van der Waals surface area contributed by atoms with Crippen LogP contribution in [0.15, 0.2) is 35.3 Å². The monoisotopic (exact) mass is 289 g/mol. The first-order valence-electron chi connectivity index (χ1n) is 6.65. The van der Waals surface area contributed by atoms with Crippen molar-refractivity contribution in [1.82, 2.24) is 0 Å². The maximum Gasteiger partial charge on any atom is 0.345 e. The number of benzene rings is 1. The van der Waals surface area contributed by atoms with E-state index in [1.165, 1.54) is 0 Å². The van der Waals surface area contributed by atoms with Gasteiger partial charge in [-0.05, 0) is 19.1 Å². The Labute approximate surface area is 121 Å². The molecule has 0 fully saturated rings. The highest BCUT2D eigenvalue weighted by molar-refractivity contribution is 6.15. The second-order valence-corrected chi connectivity index (χ2v) is 4.40. The Morgan fingerprint density at radius 1 is 1.24 bits per heavy atom. The lowest BCUT2D eigenvalue weighted by atomic mass is 10.1. The van der Waals surface area contributed by atoms with Crippen LogP contribution < -0.4 is 0 Å². The summed E-state index contributed by atoms with van der Waals surface area (Å²) < 4.78 is 9.74. The lowest BCUT2D eigenvalue weighted by Gasteiger charge is -2.02. The Bertz CT molecular complexity index is 579. The number of carbonyl (C=O) groups excluding carboxylic acids is 3. The van der Waals surface area contributed by atoms with E-state index in [1.54, 1.807) is 31.2 Å². The Kier molecular flexibility index (Phi) is 4.81. The van der Waals surface area contributed by atoms with Crippen LogP contribution in [0, 0.1) is 0 Å². The molecule has 1 heterocycles. The molecule has 0 aromatic heterocycles. The van der Waals surface area contributed by atoms with Crippen molar-refractivity contribution in [2.24, 2.45) is 4.99 Å². The van der Waals surface area contributed by atoms with Crippen LogP contribution in [-0.4, -0.2) is 36.3 Å². The molecule has 0 amide bonds. The first-order valence-corrected chi connectivity index (χ1v) is 6.65. The van der Waals surface area contributed by atoms with Gasteiger partial charge in [0.2, 0.25) is 11.9 Å². The van der Waals surface area contributed by atoms with E-state index in [2.05, 4.69) is 4.99 Å². The largest absolute Gasteiger partial charge is 0.466 e. The van der Waals surface area contributed by atoms with Crippen molar-refractivity contribution in [2.75, 3.05) is 6.61 Å². The molecule has 1 aliphatic rings. The Hall–Kier alpha value is -2.50. The van der Waals surface area contributed by atoms with Crippen molar-refractivity contribution in [1.29, 1.82) is 0 Å². The van der Waals surface area contributed by atoms with Gasteiger partial charge in [-0.2, -0.15) is 0 Å². The lowest BCUT2D eigenvalue weighted by Crippen LogP contribution is -2.26. The van der Waals surface area contributed by atoms with Crippen molar-refractivity contribution < 1.29 is 23.9 Å². The average Bonchev–Trinajstić information content (AvgIpc) is 2.88. The number of esters is 2. The maximum absolute atomic E-state index is 11.9. The van der Waals surface area contributed by atoms with E-state index in [1.807, 2.05) is 6.07 Å². The van der Waals surface area contributed by atoms with Gasteiger partial charge in [-0.15, -0.1) is 0 Å². The molecule has 0 spiro atoms. The molecule has 1 aliphatic heterocycles. The van der Waals surface area contributed by atoms with Gasteiger partial charge in [0.05, 0.1) is 13.0 Å². The summed E-state index contributed by atoms with van der Waals surface area (Å²) in [4.78, 5) is 38.8. The number of rotatable bonds is 6. The van der Waals surface area contributed by atoms with Gasteiger partial charge in [-0.25, -0.2) is 9.79 Å². The summed E-state index contributed by atoms with van der Waals surface area (Å²) in [5, 5.41) is 0. The molecular formula is C15H15NO5. The van der Waals surface area contributed by atoms with Crippen LogP contribution in [0.25, 0.3) is 0 Å². The minimum atomic E-state index is -1.19. The highest BCUT2D eigenvalue weighted by Gasteiger charge is 2.35. The quantitative estimate of drug-likeness (QED) is 0.582. The SMILES string of the molecule is CCOC(=O)CCC(=O)C1N=C(c2ccccc2)OC1=O. The maximum atomic E-state index is 11.9. The predicted molar refractivity (Wildman–Crippen MR) is 73.7 cm³/mol. The molecule has 0 N–H and O–H groups in total. The fourth-order valence-corrected chi connectivity index (χ4v) is 1.86. The van der Waals surface area contributed by atoms with E-state index < -0.39 is 23.8 Å². The van der Waals surface area contributed by atoms with E-state index in [-0.39, 0.29) is 25.3 Å². The minimum absolute atomic E-state index is 0.0629. The third kappa shape index (κ3) is 3.75. The van der Waals surface area contributed by atoms with Gasteiger partial charge in [0.15, 0.2) is 5.78 Å². The zero-order valence-corrected chi connectivity index (χ0v) is 11.6. The minimum Gasteiger partial charge on any atom is -0.466 e. The van der Waals surface area contributed by atoms with Gasteiger partial charge in [0.1, 0.15) is 0 Å². The summed E-state index contributed by atoms with van der Waals surface area (Å²) in [5.41, 5.74) is 0.631. The first-order chi connectivity index (χ1) is 10.1. The molecule has 1 unspecified atom stereocenters. The zero-order valence-electron chi connectivity index (χ0n) is 11.6. The summed E-state index contributed by atoms with van der Waals surface area (Å²) >= 11 is 0. The van der Waals surface area contributed by atoms with E-state index in [4.69, 9.17) is 9.47 Å². The Balaban J connectivity index is 2.00.